The van der Waals surface area contributed by atoms with Crippen LogP contribution < -0.4 is 16.6 Å². The number of aromatic nitrogens is 2. The zero-order chi connectivity index (χ0) is 13.8. The number of nitrogens with two attached hydrogens (primary N) is 1. The maximum Gasteiger partial charge on any atom is 0.270 e. The lowest BCUT2D eigenvalue weighted by Gasteiger charge is -2.10. The minimum Gasteiger partial charge on any atom is -0.444 e. The van der Waals surface area contributed by atoms with Crippen LogP contribution in [0, 0.1) is 6.92 Å². The van der Waals surface area contributed by atoms with E-state index in [4.69, 9.17) is 10.3 Å². The number of rotatable bonds is 4. The van der Waals surface area contributed by atoms with Crippen LogP contribution in [0.4, 0.5) is 5.82 Å². The molecule has 19 heavy (non-hydrogen) atoms. The molecular formula is C12H15N5O2. The Morgan fingerprint density at radius 2 is 2.26 bits per heavy atom. The van der Waals surface area contributed by atoms with Crippen molar-refractivity contribution in [3.05, 3.63) is 41.7 Å². The van der Waals surface area contributed by atoms with Crippen molar-refractivity contribution < 1.29 is 9.21 Å². The lowest BCUT2D eigenvalue weighted by Crippen LogP contribution is -2.28. The molecule has 0 bridgehead atoms. The number of carbonyl (C=O) groups excluding carboxylic acids is 1. The third-order valence-corrected chi connectivity index (χ3v) is 2.49. The number of amides is 1. The Bertz CT molecular complexity index is 581. The molecule has 0 saturated carbocycles. The molecular weight excluding hydrogens is 246 g/mol. The largest absolute Gasteiger partial charge is 0.444 e. The van der Waals surface area contributed by atoms with E-state index in [1.54, 1.807) is 38.2 Å². The molecule has 0 aliphatic carbocycles. The Balaban J connectivity index is 2.08. The summed E-state index contributed by atoms with van der Waals surface area (Å²) in [6.07, 6.45) is 1.61. The van der Waals surface area contributed by atoms with E-state index >= 15 is 0 Å². The van der Waals surface area contributed by atoms with E-state index in [0.29, 0.717) is 17.5 Å². The maximum atomic E-state index is 12.0. The van der Waals surface area contributed by atoms with E-state index in [9.17, 15) is 4.79 Å². The summed E-state index contributed by atoms with van der Waals surface area (Å²) in [5.74, 6) is 6.50. The van der Waals surface area contributed by atoms with Crippen molar-refractivity contribution in [2.75, 3.05) is 5.43 Å². The van der Waals surface area contributed by atoms with E-state index in [1.165, 1.54) is 0 Å². The number of nitrogens with zero attached hydrogens (tertiary/aromatic N) is 2. The summed E-state index contributed by atoms with van der Waals surface area (Å²) in [6, 6.07) is 4.62. The highest BCUT2D eigenvalue weighted by Gasteiger charge is 2.16. The lowest BCUT2D eigenvalue weighted by atomic mass is 10.3. The Labute approximate surface area is 110 Å². The highest BCUT2D eigenvalue weighted by Crippen LogP contribution is 2.13. The molecule has 0 fully saturated rings. The fourth-order valence-electron chi connectivity index (χ4n) is 1.55. The first-order valence-corrected chi connectivity index (χ1v) is 5.77. The summed E-state index contributed by atoms with van der Waals surface area (Å²) >= 11 is 0. The van der Waals surface area contributed by atoms with Gasteiger partial charge in [-0.3, -0.25) is 4.79 Å². The third-order valence-electron chi connectivity index (χ3n) is 2.49. The molecule has 7 nitrogen and oxygen atoms in total. The average Bonchev–Trinajstić information content (AvgIpc) is 2.85. The predicted octanol–water partition coefficient (Wildman–Crippen LogP) is 1.15. The summed E-state index contributed by atoms with van der Waals surface area (Å²) in [5, 5.41) is 2.75. The second-order valence-corrected chi connectivity index (χ2v) is 4.06. The van der Waals surface area contributed by atoms with Gasteiger partial charge in [-0.15, -0.1) is 0 Å². The van der Waals surface area contributed by atoms with Gasteiger partial charge in [-0.25, -0.2) is 15.8 Å². The van der Waals surface area contributed by atoms with Gasteiger partial charge >= 0.3 is 0 Å². The minimum atomic E-state index is -0.336. The quantitative estimate of drug-likeness (QED) is 0.563. The van der Waals surface area contributed by atoms with Crippen molar-refractivity contribution in [3.63, 3.8) is 0 Å². The molecule has 0 aromatic carbocycles. The van der Waals surface area contributed by atoms with Gasteiger partial charge in [-0.1, -0.05) is 6.07 Å². The van der Waals surface area contributed by atoms with Crippen molar-refractivity contribution in [2.45, 2.75) is 19.9 Å². The van der Waals surface area contributed by atoms with Gasteiger partial charge in [0.25, 0.3) is 5.91 Å². The number of hydrogen-bond acceptors (Lipinski definition) is 6. The first kappa shape index (κ1) is 13.0. The molecule has 1 amide bonds. The molecule has 2 aromatic heterocycles. The number of hydrazine groups is 1. The molecule has 2 heterocycles. The van der Waals surface area contributed by atoms with Gasteiger partial charge in [0, 0.05) is 0 Å². The van der Waals surface area contributed by atoms with Crippen molar-refractivity contribution in [1.82, 2.24) is 15.3 Å². The smallest absolute Gasteiger partial charge is 0.270 e. The zero-order valence-corrected chi connectivity index (χ0v) is 10.7. The Morgan fingerprint density at radius 1 is 1.47 bits per heavy atom. The van der Waals surface area contributed by atoms with Gasteiger partial charge in [0.15, 0.2) is 0 Å². The molecule has 4 N–H and O–H groups in total. The number of pyridine rings is 1. The van der Waals surface area contributed by atoms with Gasteiger partial charge in [0.2, 0.25) is 5.89 Å². The summed E-state index contributed by atoms with van der Waals surface area (Å²) in [5.41, 5.74) is 2.66. The summed E-state index contributed by atoms with van der Waals surface area (Å²) in [4.78, 5) is 20.1. The Hall–Kier alpha value is -2.41. The van der Waals surface area contributed by atoms with E-state index in [-0.39, 0.29) is 17.6 Å². The van der Waals surface area contributed by atoms with Crippen molar-refractivity contribution in [3.8, 4) is 0 Å². The van der Waals surface area contributed by atoms with Gasteiger partial charge in [-0.2, -0.15) is 0 Å². The molecule has 0 saturated heterocycles. The van der Waals surface area contributed by atoms with Crippen LogP contribution in [0.3, 0.4) is 0 Å². The number of hydrogen-bond donors (Lipinski definition) is 3. The number of aryl methyl sites for hydroxylation is 1. The zero-order valence-electron chi connectivity index (χ0n) is 10.7. The molecule has 0 spiro atoms. The topological polar surface area (TPSA) is 106 Å². The van der Waals surface area contributed by atoms with Crippen LogP contribution in [0.2, 0.25) is 0 Å². The average molecular weight is 261 g/mol. The highest BCUT2D eigenvalue weighted by atomic mass is 16.4. The Morgan fingerprint density at radius 3 is 2.89 bits per heavy atom. The van der Waals surface area contributed by atoms with Crippen LogP contribution in [0.25, 0.3) is 0 Å². The van der Waals surface area contributed by atoms with Gasteiger partial charge in [0.05, 0.1) is 6.20 Å². The first-order chi connectivity index (χ1) is 9.10. The van der Waals surface area contributed by atoms with Crippen molar-refractivity contribution in [2.24, 2.45) is 5.84 Å². The predicted molar refractivity (Wildman–Crippen MR) is 69.2 cm³/mol. The SMILES string of the molecule is Cc1cnc(C(C)NC(=O)c2cccc(NN)n2)o1. The van der Waals surface area contributed by atoms with E-state index in [1.807, 2.05) is 0 Å². The summed E-state index contributed by atoms with van der Waals surface area (Å²) in [6.45, 7) is 3.58. The number of nitrogens with one attached hydrogen (secondary N) is 2. The van der Waals surface area contributed by atoms with Crippen LogP contribution in [0.15, 0.2) is 28.8 Å². The molecule has 7 heteroatoms. The molecule has 0 radical (unpaired) electrons. The van der Waals surface area contributed by atoms with Gasteiger partial charge < -0.3 is 15.2 Å². The summed E-state index contributed by atoms with van der Waals surface area (Å²) in [7, 11) is 0. The fourth-order valence-corrected chi connectivity index (χ4v) is 1.55. The van der Waals surface area contributed by atoms with Gasteiger partial charge in [0.1, 0.15) is 23.3 Å². The number of anilines is 1. The fraction of sp³-hybridized carbons (Fsp3) is 0.250. The first-order valence-electron chi connectivity index (χ1n) is 5.77. The standard InChI is InChI=1S/C12H15N5O2/c1-7-6-14-12(19-7)8(2)15-11(18)9-4-3-5-10(16-9)17-13/h3-6,8H,13H2,1-2H3,(H,15,18)(H,16,17). The Kier molecular flexibility index (Phi) is 3.76. The molecule has 0 aliphatic heterocycles. The molecule has 1 atom stereocenters. The second-order valence-electron chi connectivity index (χ2n) is 4.06. The number of nitrogen functional groups attached to an aromatic ring is 1. The maximum absolute atomic E-state index is 12.0. The third kappa shape index (κ3) is 3.08. The van der Waals surface area contributed by atoms with E-state index in [2.05, 4.69) is 20.7 Å². The highest BCUT2D eigenvalue weighted by molar-refractivity contribution is 5.92. The van der Waals surface area contributed by atoms with Crippen LogP contribution in [0.1, 0.15) is 35.1 Å². The molecule has 1 unspecified atom stereocenters. The number of oxazole rings is 1. The van der Waals surface area contributed by atoms with Crippen LogP contribution >= 0.6 is 0 Å². The van der Waals surface area contributed by atoms with Gasteiger partial charge in [-0.05, 0) is 26.0 Å². The lowest BCUT2D eigenvalue weighted by molar-refractivity contribution is 0.0929. The molecule has 100 valence electrons. The minimum absolute atomic E-state index is 0.269. The molecule has 2 aromatic rings. The molecule has 0 aliphatic rings. The van der Waals surface area contributed by atoms with E-state index in [0.717, 1.165) is 0 Å². The summed E-state index contributed by atoms with van der Waals surface area (Å²) < 4.78 is 5.35. The van der Waals surface area contributed by atoms with Crippen LogP contribution in [0.5, 0.6) is 0 Å². The molecule has 2 rings (SSSR count). The number of carbonyl (C=O) groups is 1. The second kappa shape index (κ2) is 5.49. The van der Waals surface area contributed by atoms with Crippen molar-refractivity contribution >= 4 is 11.7 Å². The normalized spacial score (nSPS) is 11.9. The van der Waals surface area contributed by atoms with Crippen LogP contribution in [-0.2, 0) is 0 Å². The van der Waals surface area contributed by atoms with E-state index < -0.39 is 0 Å². The van der Waals surface area contributed by atoms with Crippen LogP contribution in [-0.4, -0.2) is 15.9 Å². The monoisotopic (exact) mass is 261 g/mol. The van der Waals surface area contributed by atoms with Crippen molar-refractivity contribution in [1.29, 1.82) is 0 Å².